The molecular weight excluding hydrogens is 350 g/mol. The van der Waals surface area contributed by atoms with E-state index in [9.17, 15) is 4.79 Å². The average Bonchev–Trinajstić information content (AvgIpc) is 2.44. The van der Waals surface area contributed by atoms with Gasteiger partial charge in [0, 0.05) is 22.6 Å². The van der Waals surface area contributed by atoms with Crippen LogP contribution in [-0.4, -0.2) is 17.4 Å². The first-order valence-electron chi connectivity index (χ1n) is 6.81. The third-order valence-corrected chi connectivity index (χ3v) is 4.18. The Hall–Kier alpha value is -1.32. The highest BCUT2D eigenvalue weighted by atomic mass is 79.9. The summed E-state index contributed by atoms with van der Waals surface area (Å²) in [7, 11) is 0. The Balaban J connectivity index is 2.22. The fraction of sp³-hybridized carbons (Fsp3) is 0.235. The van der Waals surface area contributed by atoms with Gasteiger partial charge in [0.15, 0.2) is 0 Å². The SMILES string of the molecule is CCN(Cc1cccc(Cl)c1)C(=O)c1ccc(C)cc1Br. The minimum atomic E-state index is 0.0179. The van der Waals surface area contributed by atoms with Crippen LogP contribution in [0.2, 0.25) is 5.02 Å². The van der Waals surface area contributed by atoms with Crippen LogP contribution in [0.25, 0.3) is 0 Å². The number of benzene rings is 2. The van der Waals surface area contributed by atoms with E-state index in [0.29, 0.717) is 23.7 Å². The molecular formula is C17H17BrClNO. The standard InChI is InChI=1S/C17H17BrClNO/c1-3-20(11-13-5-4-6-14(19)10-13)17(21)15-8-7-12(2)9-16(15)18/h4-10H,3,11H2,1-2H3. The molecule has 0 unspecified atom stereocenters. The number of hydrogen-bond donors (Lipinski definition) is 0. The highest BCUT2D eigenvalue weighted by Crippen LogP contribution is 2.21. The van der Waals surface area contributed by atoms with E-state index in [0.717, 1.165) is 15.6 Å². The minimum absolute atomic E-state index is 0.0179. The predicted octanol–water partition coefficient (Wildman–Crippen LogP) is 5.07. The molecule has 0 radical (unpaired) electrons. The molecule has 0 N–H and O–H groups in total. The number of halogens is 2. The normalized spacial score (nSPS) is 10.5. The summed E-state index contributed by atoms with van der Waals surface area (Å²) in [5.74, 6) is 0.0179. The topological polar surface area (TPSA) is 20.3 Å². The second kappa shape index (κ2) is 7.10. The molecule has 0 saturated carbocycles. The summed E-state index contributed by atoms with van der Waals surface area (Å²) in [5, 5.41) is 0.688. The number of amides is 1. The van der Waals surface area contributed by atoms with Crippen molar-refractivity contribution in [2.24, 2.45) is 0 Å². The summed E-state index contributed by atoms with van der Waals surface area (Å²) < 4.78 is 0.831. The Morgan fingerprint density at radius 3 is 2.62 bits per heavy atom. The summed E-state index contributed by atoms with van der Waals surface area (Å²) in [4.78, 5) is 14.5. The Morgan fingerprint density at radius 2 is 2.00 bits per heavy atom. The van der Waals surface area contributed by atoms with E-state index in [2.05, 4.69) is 15.9 Å². The van der Waals surface area contributed by atoms with E-state index in [1.807, 2.05) is 56.3 Å². The predicted molar refractivity (Wildman–Crippen MR) is 90.7 cm³/mol. The second-order valence-electron chi connectivity index (χ2n) is 4.93. The van der Waals surface area contributed by atoms with Crippen molar-refractivity contribution in [2.45, 2.75) is 20.4 Å². The van der Waals surface area contributed by atoms with Crippen LogP contribution in [0.5, 0.6) is 0 Å². The molecule has 0 aliphatic heterocycles. The van der Waals surface area contributed by atoms with Crippen molar-refractivity contribution in [2.75, 3.05) is 6.54 Å². The van der Waals surface area contributed by atoms with Gasteiger partial charge in [-0.3, -0.25) is 4.79 Å². The van der Waals surface area contributed by atoms with Crippen molar-refractivity contribution < 1.29 is 4.79 Å². The van der Waals surface area contributed by atoms with E-state index in [1.54, 1.807) is 4.90 Å². The van der Waals surface area contributed by atoms with Crippen molar-refractivity contribution in [3.63, 3.8) is 0 Å². The molecule has 0 atom stereocenters. The summed E-state index contributed by atoms with van der Waals surface area (Å²) >= 11 is 9.47. The molecule has 0 saturated heterocycles. The van der Waals surface area contributed by atoms with Crippen molar-refractivity contribution >= 4 is 33.4 Å². The lowest BCUT2D eigenvalue weighted by atomic mass is 10.1. The Morgan fingerprint density at radius 1 is 1.24 bits per heavy atom. The molecule has 0 aromatic heterocycles. The fourth-order valence-corrected chi connectivity index (χ4v) is 3.02. The van der Waals surface area contributed by atoms with Gasteiger partial charge >= 0.3 is 0 Å². The molecule has 0 bridgehead atoms. The molecule has 4 heteroatoms. The van der Waals surface area contributed by atoms with E-state index in [1.165, 1.54) is 0 Å². The maximum atomic E-state index is 12.7. The smallest absolute Gasteiger partial charge is 0.255 e. The van der Waals surface area contributed by atoms with Gasteiger partial charge in [0.05, 0.1) is 5.56 Å². The van der Waals surface area contributed by atoms with Crippen molar-refractivity contribution in [3.8, 4) is 0 Å². The van der Waals surface area contributed by atoms with Gasteiger partial charge in [0.25, 0.3) is 5.91 Å². The second-order valence-corrected chi connectivity index (χ2v) is 6.22. The lowest BCUT2D eigenvalue weighted by Crippen LogP contribution is -2.30. The lowest BCUT2D eigenvalue weighted by molar-refractivity contribution is 0.0751. The van der Waals surface area contributed by atoms with Crippen molar-refractivity contribution in [1.82, 2.24) is 4.90 Å². The van der Waals surface area contributed by atoms with Crippen LogP contribution in [0.4, 0.5) is 0 Å². The van der Waals surface area contributed by atoms with E-state index < -0.39 is 0 Å². The molecule has 2 rings (SSSR count). The number of hydrogen-bond acceptors (Lipinski definition) is 1. The van der Waals surface area contributed by atoms with Crippen LogP contribution in [-0.2, 0) is 6.54 Å². The molecule has 2 aromatic carbocycles. The molecule has 0 heterocycles. The molecule has 2 nitrogen and oxygen atoms in total. The molecule has 0 aliphatic rings. The lowest BCUT2D eigenvalue weighted by Gasteiger charge is -2.22. The van der Waals surface area contributed by atoms with Gasteiger partial charge in [-0.25, -0.2) is 0 Å². The molecule has 2 aromatic rings. The monoisotopic (exact) mass is 365 g/mol. The third kappa shape index (κ3) is 4.08. The Kier molecular flexibility index (Phi) is 5.43. The van der Waals surface area contributed by atoms with Gasteiger partial charge in [-0.2, -0.15) is 0 Å². The Labute approximate surface area is 138 Å². The number of rotatable bonds is 4. The maximum Gasteiger partial charge on any atom is 0.255 e. The minimum Gasteiger partial charge on any atom is -0.335 e. The number of aryl methyl sites for hydroxylation is 1. The third-order valence-electron chi connectivity index (χ3n) is 3.29. The summed E-state index contributed by atoms with van der Waals surface area (Å²) in [5.41, 5.74) is 2.83. The number of nitrogens with zero attached hydrogens (tertiary/aromatic N) is 1. The summed E-state index contributed by atoms with van der Waals surface area (Å²) in [6.07, 6.45) is 0. The van der Waals surface area contributed by atoms with Crippen LogP contribution in [0, 0.1) is 6.92 Å². The molecule has 0 spiro atoms. The van der Waals surface area contributed by atoms with Gasteiger partial charge in [0.1, 0.15) is 0 Å². The average molecular weight is 367 g/mol. The Bertz CT molecular complexity index is 657. The zero-order chi connectivity index (χ0) is 15.4. The van der Waals surface area contributed by atoms with Crippen LogP contribution >= 0.6 is 27.5 Å². The quantitative estimate of drug-likeness (QED) is 0.739. The molecule has 0 fully saturated rings. The van der Waals surface area contributed by atoms with Crippen LogP contribution in [0.15, 0.2) is 46.9 Å². The summed E-state index contributed by atoms with van der Waals surface area (Å²) in [6, 6.07) is 13.4. The molecule has 1 amide bonds. The zero-order valence-corrected chi connectivity index (χ0v) is 14.4. The van der Waals surface area contributed by atoms with Gasteiger partial charge < -0.3 is 4.90 Å². The van der Waals surface area contributed by atoms with Crippen LogP contribution in [0.3, 0.4) is 0 Å². The maximum absolute atomic E-state index is 12.7. The molecule has 21 heavy (non-hydrogen) atoms. The number of carbonyl (C=O) groups is 1. The van der Waals surface area contributed by atoms with E-state index in [-0.39, 0.29) is 5.91 Å². The fourth-order valence-electron chi connectivity index (χ4n) is 2.15. The molecule has 0 aliphatic carbocycles. The first kappa shape index (κ1) is 16.1. The number of carbonyl (C=O) groups excluding carboxylic acids is 1. The zero-order valence-electron chi connectivity index (χ0n) is 12.1. The van der Waals surface area contributed by atoms with Gasteiger partial charge in [-0.1, -0.05) is 29.8 Å². The largest absolute Gasteiger partial charge is 0.335 e. The van der Waals surface area contributed by atoms with E-state index in [4.69, 9.17) is 11.6 Å². The first-order valence-corrected chi connectivity index (χ1v) is 7.98. The highest BCUT2D eigenvalue weighted by molar-refractivity contribution is 9.10. The van der Waals surface area contributed by atoms with Gasteiger partial charge in [-0.15, -0.1) is 0 Å². The van der Waals surface area contributed by atoms with E-state index >= 15 is 0 Å². The van der Waals surface area contributed by atoms with Crippen LogP contribution in [0.1, 0.15) is 28.4 Å². The summed E-state index contributed by atoms with van der Waals surface area (Å²) in [6.45, 7) is 5.18. The van der Waals surface area contributed by atoms with Gasteiger partial charge in [0.2, 0.25) is 0 Å². The van der Waals surface area contributed by atoms with Crippen molar-refractivity contribution in [1.29, 1.82) is 0 Å². The van der Waals surface area contributed by atoms with Crippen LogP contribution < -0.4 is 0 Å². The first-order chi connectivity index (χ1) is 10.0. The van der Waals surface area contributed by atoms with Crippen molar-refractivity contribution in [3.05, 3.63) is 68.7 Å². The molecule has 110 valence electrons. The van der Waals surface area contributed by atoms with Gasteiger partial charge in [-0.05, 0) is 65.2 Å². The highest BCUT2D eigenvalue weighted by Gasteiger charge is 2.17.